The van der Waals surface area contributed by atoms with Gasteiger partial charge < -0.3 is 20.5 Å². The smallest absolute Gasteiger partial charge is 0.283 e. The molecule has 0 bridgehead atoms. The maximum atomic E-state index is 15.4. The second-order valence-corrected chi connectivity index (χ2v) is 9.02. The minimum absolute atomic E-state index is 0.0939. The van der Waals surface area contributed by atoms with Crippen LogP contribution in [0.2, 0.25) is 5.02 Å². The Morgan fingerprint density at radius 3 is 2.71 bits per heavy atom. The third-order valence-electron chi connectivity index (χ3n) is 6.27. The summed E-state index contributed by atoms with van der Waals surface area (Å²) in [5.74, 6) is -1.91. The van der Waals surface area contributed by atoms with E-state index >= 15 is 4.39 Å². The van der Waals surface area contributed by atoms with Gasteiger partial charge in [0, 0.05) is 47.3 Å². The highest BCUT2D eigenvalue weighted by atomic mass is 35.5. The number of hydrogen-bond donors (Lipinski definition) is 2. The molecular formula is C26H17ClF2N6O3. The number of ether oxygens (including phenoxy) is 2. The van der Waals surface area contributed by atoms with Gasteiger partial charge in [-0.25, -0.2) is 19.9 Å². The molecule has 38 heavy (non-hydrogen) atoms. The number of amidine groups is 1. The summed E-state index contributed by atoms with van der Waals surface area (Å²) < 4.78 is 40.5. The highest BCUT2D eigenvalue weighted by molar-refractivity contribution is 6.30. The van der Waals surface area contributed by atoms with E-state index in [0.29, 0.717) is 33.1 Å². The first-order valence-electron chi connectivity index (χ1n) is 11.4. The van der Waals surface area contributed by atoms with Crippen molar-refractivity contribution in [2.24, 2.45) is 10.7 Å². The molecule has 0 saturated carbocycles. The number of amides is 1. The Morgan fingerprint density at radius 2 is 1.95 bits per heavy atom. The monoisotopic (exact) mass is 534 g/mol. The topological polar surface area (TPSA) is 125 Å². The average Bonchev–Trinajstić information content (AvgIpc) is 2.90. The zero-order valence-corrected chi connectivity index (χ0v) is 20.2. The lowest BCUT2D eigenvalue weighted by molar-refractivity contribution is 0.102. The normalized spacial score (nSPS) is 17.5. The summed E-state index contributed by atoms with van der Waals surface area (Å²) in [7, 11) is 0. The van der Waals surface area contributed by atoms with Gasteiger partial charge in [-0.05, 0) is 42.5 Å². The van der Waals surface area contributed by atoms with Gasteiger partial charge in [-0.1, -0.05) is 11.6 Å². The highest BCUT2D eigenvalue weighted by Crippen LogP contribution is 2.53. The fourth-order valence-electron chi connectivity index (χ4n) is 4.57. The van der Waals surface area contributed by atoms with Gasteiger partial charge in [-0.3, -0.25) is 4.79 Å². The second kappa shape index (κ2) is 9.03. The van der Waals surface area contributed by atoms with E-state index in [1.54, 1.807) is 30.3 Å². The number of carbonyl (C=O) groups excluding carboxylic acids is 1. The molecule has 1 atom stereocenters. The Balaban J connectivity index is 1.48. The Morgan fingerprint density at radius 1 is 1.08 bits per heavy atom. The molecule has 0 aliphatic carbocycles. The van der Waals surface area contributed by atoms with E-state index in [2.05, 4.69) is 25.3 Å². The molecule has 1 spiro atoms. The van der Waals surface area contributed by atoms with Crippen molar-refractivity contribution in [1.29, 1.82) is 0 Å². The molecule has 1 aromatic carbocycles. The minimum Gasteiger partial charge on any atom is -0.465 e. The fraction of sp³-hybridized carbons (Fsp3) is 0.115. The van der Waals surface area contributed by atoms with Gasteiger partial charge in [0.05, 0.1) is 17.3 Å². The number of fused-ring (bicyclic) bond motifs is 4. The average molecular weight is 535 g/mol. The molecule has 3 N–H and O–H groups in total. The molecule has 6 rings (SSSR count). The van der Waals surface area contributed by atoms with Crippen LogP contribution in [0.1, 0.15) is 28.0 Å². The van der Waals surface area contributed by atoms with Crippen molar-refractivity contribution in [3.8, 4) is 22.8 Å². The number of nitrogens with two attached hydrogens (primary N) is 1. The summed E-state index contributed by atoms with van der Waals surface area (Å²) >= 11 is 5.87. The van der Waals surface area contributed by atoms with Crippen LogP contribution in [-0.4, -0.2) is 33.5 Å². The van der Waals surface area contributed by atoms with Crippen molar-refractivity contribution < 1.29 is 23.0 Å². The SMILES string of the molecule is NC1=N[C@@]2(CCO1)c1cc(NC(=O)c3ccc(Cl)cn3)ccc1Oc1c2cc(-c2ccnc(F)c2)nc1F. The molecule has 2 aliphatic heterocycles. The van der Waals surface area contributed by atoms with Crippen LogP contribution in [0.3, 0.4) is 0 Å². The summed E-state index contributed by atoms with van der Waals surface area (Å²) in [4.78, 5) is 29.0. The number of benzene rings is 1. The first-order chi connectivity index (χ1) is 18.3. The molecule has 190 valence electrons. The van der Waals surface area contributed by atoms with Crippen LogP contribution in [0.15, 0.2) is 65.9 Å². The number of aliphatic imine (C=N–C) groups is 1. The van der Waals surface area contributed by atoms with E-state index in [1.807, 2.05) is 0 Å². The van der Waals surface area contributed by atoms with Gasteiger partial charge in [0.1, 0.15) is 17.0 Å². The van der Waals surface area contributed by atoms with Gasteiger partial charge in [-0.15, -0.1) is 0 Å². The predicted molar refractivity (Wildman–Crippen MR) is 134 cm³/mol. The number of anilines is 1. The zero-order valence-electron chi connectivity index (χ0n) is 19.4. The lowest BCUT2D eigenvalue weighted by Gasteiger charge is -2.39. The van der Waals surface area contributed by atoms with Crippen LogP contribution >= 0.6 is 11.6 Å². The standard InChI is InChI=1S/C26H17ClF2N6O3/c27-14-1-3-18(32-12-14)24(36)33-15-2-4-20-16(10-15)26(6-8-37-25(30)35-26)17-11-19(34-23(29)22(17)38-20)13-5-7-31-21(28)9-13/h1-5,7,9-12H,6,8H2,(H2,30,35)(H,33,36)/t26-/m0/s1. The number of halogens is 3. The molecule has 9 nitrogen and oxygen atoms in total. The summed E-state index contributed by atoms with van der Waals surface area (Å²) in [6.45, 7) is 0.183. The molecular weight excluding hydrogens is 518 g/mol. The first-order valence-corrected chi connectivity index (χ1v) is 11.8. The predicted octanol–water partition coefficient (Wildman–Crippen LogP) is 4.81. The summed E-state index contributed by atoms with van der Waals surface area (Å²) in [5.41, 5.74) is 6.69. The van der Waals surface area contributed by atoms with E-state index in [1.165, 1.54) is 24.5 Å². The number of aromatic nitrogens is 3. The van der Waals surface area contributed by atoms with Crippen LogP contribution in [0.4, 0.5) is 14.5 Å². The van der Waals surface area contributed by atoms with Gasteiger partial charge >= 0.3 is 0 Å². The van der Waals surface area contributed by atoms with Gasteiger partial charge in [0.25, 0.3) is 17.9 Å². The van der Waals surface area contributed by atoms with Crippen LogP contribution in [0, 0.1) is 11.9 Å². The fourth-order valence-corrected chi connectivity index (χ4v) is 4.68. The van der Waals surface area contributed by atoms with Crippen LogP contribution < -0.4 is 15.8 Å². The van der Waals surface area contributed by atoms with Crippen molar-refractivity contribution in [2.75, 3.05) is 11.9 Å². The number of nitrogens with zero attached hydrogens (tertiary/aromatic N) is 4. The number of carbonyl (C=O) groups is 1. The van der Waals surface area contributed by atoms with Crippen LogP contribution in [0.5, 0.6) is 11.5 Å². The molecule has 5 heterocycles. The van der Waals surface area contributed by atoms with E-state index in [-0.39, 0.29) is 36.2 Å². The van der Waals surface area contributed by atoms with Crippen molar-refractivity contribution >= 4 is 29.2 Å². The largest absolute Gasteiger partial charge is 0.465 e. The number of hydrogen-bond acceptors (Lipinski definition) is 8. The molecule has 12 heteroatoms. The van der Waals surface area contributed by atoms with Gasteiger partial charge in [0.2, 0.25) is 5.95 Å². The van der Waals surface area contributed by atoms with Gasteiger partial charge in [-0.2, -0.15) is 8.78 Å². The van der Waals surface area contributed by atoms with Crippen LogP contribution in [-0.2, 0) is 10.3 Å². The van der Waals surface area contributed by atoms with Crippen molar-refractivity contribution in [2.45, 2.75) is 12.0 Å². The quantitative estimate of drug-likeness (QED) is 0.361. The van der Waals surface area contributed by atoms with E-state index < -0.39 is 23.3 Å². The maximum Gasteiger partial charge on any atom is 0.283 e. The lowest BCUT2D eigenvalue weighted by atomic mass is 9.77. The van der Waals surface area contributed by atoms with Crippen molar-refractivity contribution in [3.63, 3.8) is 0 Å². The lowest BCUT2D eigenvalue weighted by Crippen LogP contribution is -2.39. The molecule has 0 fully saturated rings. The Bertz CT molecular complexity index is 1630. The Kier molecular flexibility index (Phi) is 5.64. The number of nitrogens with one attached hydrogen (secondary N) is 1. The highest BCUT2D eigenvalue weighted by Gasteiger charge is 2.46. The third-order valence-corrected chi connectivity index (χ3v) is 6.49. The number of rotatable bonds is 3. The van der Waals surface area contributed by atoms with E-state index in [4.69, 9.17) is 26.8 Å². The van der Waals surface area contributed by atoms with Crippen molar-refractivity contribution in [3.05, 3.63) is 94.7 Å². The van der Waals surface area contributed by atoms with E-state index in [9.17, 15) is 9.18 Å². The molecule has 0 radical (unpaired) electrons. The zero-order chi connectivity index (χ0) is 26.4. The van der Waals surface area contributed by atoms with Crippen molar-refractivity contribution in [1.82, 2.24) is 15.0 Å². The second-order valence-electron chi connectivity index (χ2n) is 8.58. The Hall–Kier alpha value is -4.64. The molecule has 3 aromatic heterocycles. The summed E-state index contributed by atoms with van der Waals surface area (Å²) in [6, 6.07) is 12.1. The Labute approximate surface area is 219 Å². The van der Waals surface area contributed by atoms with E-state index in [0.717, 1.165) is 6.07 Å². The first kappa shape index (κ1) is 23.7. The number of pyridine rings is 3. The molecule has 0 unspecified atom stereocenters. The van der Waals surface area contributed by atoms with Gasteiger partial charge in [0.15, 0.2) is 5.75 Å². The maximum absolute atomic E-state index is 15.4. The minimum atomic E-state index is -1.23. The molecule has 0 saturated heterocycles. The van der Waals surface area contributed by atoms with Crippen LogP contribution in [0.25, 0.3) is 11.3 Å². The summed E-state index contributed by atoms with van der Waals surface area (Å²) in [6.07, 6.45) is 2.92. The molecule has 2 aliphatic rings. The summed E-state index contributed by atoms with van der Waals surface area (Å²) in [5, 5.41) is 3.20. The molecule has 1 amide bonds. The third kappa shape index (κ3) is 4.06. The molecule has 4 aromatic rings.